The van der Waals surface area contributed by atoms with Crippen molar-refractivity contribution < 1.29 is 9.53 Å². The molecule has 2 rings (SSSR count). The zero-order chi connectivity index (χ0) is 8.06. The highest BCUT2D eigenvalue weighted by Crippen LogP contribution is 2.46. The van der Waals surface area contributed by atoms with Gasteiger partial charge < -0.3 is 4.74 Å². The number of epoxide rings is 1. The zero-order valence-corrected chi connectivity index (χ0v) is 7.09. The maximum atomic E-state index is 11.2. The zero-order valence-electron chi connectivity index (χ0n) is 7.09. The lowest BCUT2D eigenvalue weighted by molar-refractivity contribution is -0.127. The molecule has 3 atom stereocenters. The van der Waals surface area contributed by atoms with Crippen LogP contribution in [0.3, 0.4) is 0 Å². The van der Waals surface area contributed by atoms with Crippen LogP contribution in [-0.4, -0.2) is 18.0 Å². The molecule has 1 saturated carbocycles. The summed E-state index contributed by atoms with van der Waals surface area (Å²) in [6.45, 7) is 3.76. The van der Waals surface area contributed by atoms with Crippen molar-refractivity contribution in [2.45, 2.75) is 45.3 Å². The van der Waals surface area contributed by atoms with Crippen molar-refractivity contribution in [1.29, 1.82) is 0 Å². The van der Waals surface area contributed by atoms with Crippen LogP contribution < -0.4 is 0 Å². The normalized spacial score (nSPS) is 48.2. The third-order valence-electron chi connectivity index (χ3n) is 3.17. The maximum absolute atomic E-state index is 11.2. The van der Waals surface area contributed by atoms with E-state index in [2.05, 4.69) is 6.92 Å². The summed E-state index contributed by atoms with van der Waals surface area (Å²) < 4.78 is 5.37. The highest BCUT2D eigenvalue weighted by molar-refractivity contribution is 5.82. The first-order valence-corrected chi connectivity index (χ1v) is 4.28. The number of hydrogen-bond acceptors (Lipinski definition) is 2. The number of ether oxygens (including phenoxy) is 1. The molecule has 1 heterocycles. The number of carbonyl (C=O) groups excluding carboxylic acids is 1. The van der Waals surface area contributed by atoms with E-state index >= 15 is 0 Å². The van der Waals surface area contributed by atoms with Crippen molar-refractivity contribution >= 4 is 5.78 Å². The van der Waals surface area contributed by atoms with Gasteiger partial charge in [0.15, 0.2) is 0 Å². The SMILES string of the molecule is CC(=O)C1(C)CCC2OC2C1. The lowest BCUT2D eigenvalue weighted by atomic mass is 9.73. The fourth-order valence-corrected chi connectivity index (χ4v) is 1.94. The molecule has 0 aromatic rings. The number of rotatable bonds is 1. The van der Waals surface area contributed by atoms with Crippen LogP contribution in [0, 0.1) is 5.41 Å². The lowest BCUT2D eigenvalue weighted by Crippen LogP contribution is -2.31. The van der Waals surface area contributed by atoms with Gasteiger partial charge in [-0.15, -0.1) is 0 Å². The minimum Gasteiger partial charge on any atom is -0.370 e. The topological polar surface area (TPSA) is 29.6 Å². The Kier molecular flexibility index (Phi) is 1.37. The van der Waals surface area contributed by atoms with E-state index in [-0.39, 0.29) is 5.41 Å². The minimum atomic E-state index is -0.0718. The summed E-state index contributed by atoms with van der Waals surface area (Å²) in [4.78, 5) is 11.2. The molecule has 2 heteroatoms. The minimum absolute atomic E-state index is 0.0718. The van der Waals surface area contributed by atoms with Gasteiger partial charge in [0.2, 0.25) is 0 Å². The third-order valence-corrected chi connectivity index (χ3v) is 3.17. The van der Waals surface area contributed by atoms with Gasteiger partial charge in [0.1, 0.15) is 5.78 Å². The molecule has 1 saturated heterocycles. The van der Waals surface area contributed by atoms with E-state index in [1.807, 2.05) is 0 Å². The van der Waals surface area contributed by atoms with Gasteiger partial charge in [-0.25, -0.2) is 0 Å². The van der Waals surface area contributed by atoms with E-state index in [9.17, 15) is 4.79 Å². The predicted molar refractivity (Wildman–Crippen MR) is 41.3 cm³/mol. The molecule has 62 valence electrons. The summed E-state index contributed by atoms with van der Waals surface area (Å²) in [6.07, 6.45) is 3.97. The van der Waals surface area contributed by atoms with E-state index in [0.717, 1.165) is 19.3 Å². The molecule has 1 aliphatic heterocycles. The van der Waals surface area contributed by atoms with Crippen molar-refractivity contribution in [3.05, 3.63) is 0 Å². The fourth-order valence-electron chi connectivity index (χ4n) is 1.94. The second kappa shape index (κ2) is 2.07. The summed E-state index contributed by atoms with van der Waals surface area (Å²) in [6, 6.07) is 0. The maximum Gasteiger partial charge on any atom is 0.135 e. The lowest BCUT2D eigenvalue weighted by Gasteiger charge is -2.28. The predicted octanol–water partition coefficient (Wildman–Crippen LogP) is 1.53. The highest BCUT2D eigenvalue weighted by Gasteiger charge is 2.50. The number of fused-ring (bicyclic) bond motifs is 1. The Morgan fingerprint density at radius 1 is 1.55 bits per heavy atom. The van der Waals surface area contributed by atoms with E-state index in [0.29, 0.717) is 18.0 Å². The Labute approximate surface area is 66.9 Å². The van der Waals surface area contributed by atoms with Crippen LogP contribution in [0.15, 0.2) is 0 Å². The standard InChI is InChI=1S/C9H14O2/c1-6(10)9(2)4-3-7-8(5-9)11-7/h7-8H,3-5H2,1-2H3. The summed E-state index contributed by atoms with van der Waals surface area (Å²) in [5, 5.41) is 0. The molecule has 2 nitrogen and oxygen atoms in total. The number of ketones is 1. The molecule has 1 aliphatic carbocycles. The molecule has 2 fully saturated rings. The highest BCUT2D eigenvalue weighted by atomic mass is 16.6. The van der Waals surface area contributed by atoms with Crippen LogP contribution >= 0.6 is 0 Å². The molecule has 0 aromatic heterocycles. The van der Waals surface area contributed by atoms with Crippen molar-refractivity contribution in [2.24, 2.45) is 5.41 Å². The van der Waals surface area contributed by atoms with Gasteiger partial charge in [-0.2, -0.15) is 0 Å². The fraction of sp³-hybridized carbons (Fsp3) is 0.889. The molecular weight excluding hydrogens is 140 g/mol. The third kappa shape index (κ3) is 1.09. The van der Waals surface area contributed by atoms with Gasteiger partial charge in [0, 0.05) is 5.41 Å². The Bertz CT molecular complexity index is 200. The monoisotopic (exact) mass is 154 g/mol. The van der Waals surface area contributed by atoms with Gasteiger partial charge in [-0.1, -0.05) is 6.92 Å². The molecular formula is C9H14O2. The second-order valence-electron chi connectivity index (χ2n) is 4.07. The van der Waals surface area contributed by atoms with E-state index < -0.39 is 0 Å². The van der Waals surface area contributed by atoms with E-state index in [1.165, 1.54) is 0 Å². The molecule has 11 heavy (non-hydrogen) atoms. The Morgan fingerprint density at radius 3 is 2.82 bits per heavy atom. The largest absolute Gasteiger partial charge is 0.370 e. The first-order chi connectivity index (χ1) is 5.12. The van der Waals surface area contributed by atoms with Crippen molar-refractivity contribution in [2.75, 3.05) is 0 Å². The molecule has 0 amide bonds. The van der Waals surface area contributed by atoms with Crippen LogP contribution in [0.1, 0.15) is 33.1 Å². The average molecular weight is 154 g/mol. The molecule has 0 bridgehead atoms. The van der Waals surface area contributed by atoms with Crippen LogP contribution in [-0.2, 0) is 9.53 Å². The molecule has 0 spiro atoms. The Balaban J connectivity index is 2.08. The smallest absolute Gasteiger partial charge is 0.135 e. The van der Waals surface area contributed by atoms with Gasteiger partial charge in [0.25, 0.3) is 0 Å². The molecule has 3 unspecified atom stereocenters. The van der Waals surface area contributed by atoms with Gasteiger partial charge in [-0.3, -0.25) is 4.79 Å². The van der Waals surface area contributed by atoms with Gasteiger partial charge >= 0.3 is 0 Å². The molecule has 0 aromatic carbocycles. The molecule has 0 radical (unpaired) electrons. The summed E-state index contributed by atoms with van der Waals surface area (Å²) in [7, 11) is 0. The number of hydrogen-bond donors (Lipinski definition) is 0. The van der Waals surface area contributed by atoms with Crippen molar-refractivity contribution in [3.8, 4) is 0 Å². The Hall–Kier alpha value is -0.370. The first kappa shape index (κ1) is 7.29. The van der Waals surface area contributed by atoms with E-state index in [1.54, 1.807) is 6.92 Å². The summed E-state index contributed by atoms with van der Waals surface area (Å²) in [5.41, 5.74) is -0.0718. The Morgan fingerprint density at radius 2 is 2.27 bits per heavy atom. The van der Waals surface area contributed by atoms with Crippen molar-refractivity contribution in [1.82, 2.24) is 0 Å². The second-order valence-corrected chi connectivity index (χ2v) is 4.07. The molecule has 0 N–H and O–H groups in total. The van der Waals surface area contributed by atoms with Crippen LogP contribution in [0.4, 0.5) is 0 Å². The molecule has 2 aliphatic rings. The van der Waals surface area contributed by atoms with Gasteiger partial charge in [-0.05, 0) is 26.2 Å². The van der Waals surface area contributed by atoms with Crippen LogP contribution in [0.25, 0.3) is 0 Å². The van der Waals surface area contributed by atoms with Crippen LogP contribution in [0.5, 0.6) is 0 Å². The summed E-state index contributed by atoms with van der Waals surface area (Å²) >= 11 is 0. The average Bonchev–Trinajstić information content (AvgIpc) is 2.65. The number of Topliss-reactive ketones (excluding diaryl/α,β-unsaturated/α-hetero) is 1. The van der Waals surface area contributed by atoms with Crippen molar-refractivity contribution in [3.63, 3.8) is 0 Å². The quantitative estimate of drug-likeness (QED) is 0.536. The first-order valence-electron chi connectivity index (χ1n) is 4.28. The van der Waals surface area contributed by atoms with E-state index in [4.69, 9.17) is 4.74 Å². The van der Waals surface area contributed by atoms with Crippen LogP contribution in [0.2, 0.25) is 0 Å². The summed E-state index contributed by atoms with van der Waals surface area (Å²) in [5.74, 6) is 0.325. The number of carbonyl (C=O) groups is 1. The van der Waals surface area contributed by atoms with Gasteiger partial charge in [0.05, 0.1) is 12.2 Å².